The van der Waals surface area contributed by atoms with Gasteiger partial charge in [0.2, 0.25) is 0 Å². The van der Waals surface area contributed by atoms with Crippen molar-refractivity contribution in [2.75, 3.05) is 55.6 Å². The number of pyridine rings is 1. The summed E-state index contributed by atoms with van der Waals surface area (Å²) in [5.74, 6) is 3.11. The second-order valence-electron chi connectivity index (χ2n) is 18.8. The summed E-state index contributed by atoms with van der Waals surface area (Å²) >= 11 is 0. The fraction of sp³-hybridized carbons (Fsp3) is 0.327. The molecule has 0 radical (unpaired) electrons. The van der Waals surface area contributed by atoms with Crippen molar-refractivity contribution in [2.24, 2.45) is 13.0 Å². The van der Waals surface area contributed by atoms with E-state index < -0.39 is 5.60 Å². The first-order valence-corrected chi connectivity index (χ1v) is 23.1. The third-order valence-corrected chi connectivity index (χ3v) is 14.2. The lowest BCUT2D eigenvalue weighted by molar-refractivity contribution is 0.0786. The number of ether oxygens (including phenoxy) is 1. The van der Waals surface area contributed by atoms with E-state index in [1.54, 1.807) is 31.7 Å². The molecule has 328 valence electrons. The number of phenols is 1. The summed E-state index contributed by atoms with van der Waals surface area (Å²) in [6.07, 6.45) is 8.09. The minimum atomic E-state index is -1.05. The van der Waals surface area contributed by atoms with Crippen LogP contribution in [-0.4, -0.2) is 70.5 Å². The van der Waals surface area contributed by atoms with Crippen molar-refractivity contribution >= 4 is 22.3 Å². The minimum absolute atomic E-state index is 0.0936. The van der Waals surface area contributed by atoms with Gasteiger partial charge < -0.3 is 34.3 Å². The van der Waals surface area contributed by atoms with E-state index in [-0.39, 0.29) is 11.5 Å². The molecule has 2 fully saturated rings. The van der Waals surface area contributed by atoms with Gasteiger partial charge in [-0.25, -0.2) is 0 Å². The van der Waals surface area contributed by atoms with Gasteiger partial charge in [-0.2, -0.15) is 0 Å². The Morgan fingerprint density at radius 2 is 1.44 bits per heavy atom. The fourth-order valence-corrected chi connectivity index (χ4v) is 10.6. The molecule has 2 atom stereocenters. The number of anilines is 2. The lowest BCUT2D eigenvalue weighted by atomic mass is 9.69. The molecule has 0 spiro atoms. The van der Waals surface area contributed by atoms with Crippen LogP contribution in [0.15, 0.2) is 139 Å². The molecule has 5 aromatic carbocycles. The molecule has 4 heterocycles. The summed E-state index contributed by atoms with van der Waals surface area (Å²) < 4.78 is 8.14. The van der Waals surface area contributed by atoms with Crippen LogP contribution in [0.1, 0.15) is 72.8 Å². The first-order chi connectivity index (χ1) is 31.1. The van der Waals surface area contributed by atoms with Crippen LogP contribution < -0.4 is 20.1 Å². The summed E-state index contributed by atoms with van der Waals surface area (Å²) in [5, 5.41) is 22.0. The lowest BCUT2D eigenvalue weighted by Crippen LogP contribution is -2.49. The third kappa shape index (κ3) is 8.42. The number of aryl methyl sites for hydroxylation is 2. The summed E-state index contributed by atoms with van der Waals surface area (Å²) in [4.78, 5) is 23.7. The molecule has 3 N–H and O–H groups in total. The zero-order valence-corrected chi connectivity index (χ0v) is 37.2. The van der Waals surface area contributed by atoms with Gasteiger partial charge in [0, 0.05) is 99.1 Å². The number of fused-ring (bicyclic) bond motifs is 2. The summed E-state index contributed by atoms with van der Waals surface area (Å²) in [6, 6.07) is 42.4. The number of nitrogens with one attached hydrogen (secondary N) is 1. The van der Waals surface area contributed by atoms with Gasteiger partial charge in [-0.3, -0.25) is 9.69 Å². The van der Waals surface area contributed by atoms with Gasteiger partial charge in [-0.1, -0.05) is 54.6 Å². The van der Waals surface area contributed by atoms with Gasteiger partial charge in [0.1, 0.15) is 22.8 Å². The number of aliphatic hydroxyl groups is 1. The Labute approximate surface area is 376 Å². The van der Waals surface area contributed by atoms with Crippen LogP contribution in [0, 0.1) is 5.92 Å². The van der Waals surface area contributed by atoms with E-state index in [0.717, 1.165) is 86.5 Å². The molecule has 7 aromatic rings. The Morgan fingerprint density at radius 1 is 0.734 bits per heavy atom. The predicted molar refractivity (Wildman–Crippen MR) is 258 cm³/mol. The number of nitrogens with zero attached hydrogens (tertiary/aromatic N) is 4. The van der Waals surface area contributed by atoms with Crippen LogP contribution in [0.25, 0.3) is 22.0 Å². The van der Waals surface area contributed by atoms with Crippen molar-refractivity contribution in [1.82, 2.24) is 14.5 Å². The monoisotopic (exact) mass is 853 g/mol. The zero-order valence-electron chi connectivity index (χ0n) is 37.2. The quantitative estimate of drug-likeness (QED) is 0.126. The van der Waals surface area contributed by atoms with Crippen LogP contribution in [0.5, 0.6) is 17.2 Å². The molecule has 2 saturated heterocycles. The van der Waals surface area contributed by atoms with E-state index >= 15 is 0 Å². The average molecular weight is 854 g/mol. The zero-order chi connectivity index (χ0) is 44.0. The largest absolute Gasteiger partial charge is 0.508 e. The standard InChI is InChI=1S/C55H59N5O4/c1-55(2,63)41-12-22-51(49(34-41)50-36-57(3)54(62)53-48(50)23-26-56-53)64-45-18-15-43(16-19-45)60-31-29-58(30-32-60)35-37-24-27-59(28-25-37)42-13-9-39(10-14-42)52-46(38-7-5-4-6-8-38)20-11-40-33-44(61)17-21-47(40)52/h4-10,12-19,21-23,26,33-34,36-37,46,52,56,61,63H,11,20,24-25,27-32,35H2,1-3H3/t46?,52-/m0/s1. The number of aromatic nitrogens is 2. The Bertz CT molecular complexity index is 2790. The number of benzene rings is 5. The number of H-pyrrole nitrogens is 1. The van der Waals surface area contributed by atoms with Crippen LogP contribution >= 0.6 is 0 Å². The highest BCUT2D eigenvalue weighted by Crippen LogP contribution is 2.47. The molecule has 9 nitrogen and oxygen atoms in total. The Kier molecular flexibility index (Phi) is 11.3. The first-order valence-electron chi connectivity index (χ1n) is 23.1. The van der Waals surface area contributed by atoms with E-state index in [0.29, 0.717) is 28.9 Å². The van der Waals surface area contributed by atoms with Crippen LogP contribution in [-0.2, 0) is 19.1 Å². The molecule has 3 aliphatic rings. The highest BCUT2D eigenvalue weighted by molar-refractivity contribution is 5.96. The summed E-state index contributed by atoms with van der Waals surface area (Å²) in [7, 11) is 1.75. The molecular formula is C55H59N5O4. The van der Waals surface area contributed by atoms with Crippen molar-refractivity contribution in [1.29, 1.82) is 0 Å². The Morgan fingerprint density at radius 3 is 2.16 bits per heavy atom. The maximum Gasteiger partial charge on any atom is 0.274 e. The summed E-state index contributed by atoms with van der Waals surface area (Å²) in [6.45, 7) is 11.0. The number of piperidine rings is 1. The third-order valence-electron chi connectivity index (χ3n) is 14.2. The van der Waals surface area contributed by atoms with Gasteiger partial charge in [0.15, 0.2) is 0 Å². The number of hydrogen-bond acceptors (Lipinski definition) is 7. The van der Waals surface area contributed by atoms with Crippen molar-refractivity contribution in [3.63, 3.8) is 0 Å². The normalized spacial score (nSPS) is 18.6. The van der Waals surface area contributed by atoms with Crippen molar-refractivity contribution < 1.29 is 14.9 Å². The first kappa shape index (κ1) is 41.7. The molecular weight excluding hydrogens is 795 g/mol. The molecule has 0 amide bonds. The van der Waals surface area contributed by atoms with Gasteiger partial charge in [-0.05, 0) is 146 Å². The number of rotatable bonds is 10. The van der Waals surface area contributed by atoms with Crippen molar-refractivity contribution in [3.05, 3.63) is 172 Å². The number of piperazine rings is 1. The molecule has 0 bridgehead atoms. The molecule has 1 unspecified atom stereocenters. The van der Waals surface area contributed by atoms with Crippen LogP contribution in [0.3, 0.4) is 0 Å². The van der Waals surface area contributed by atoms with Crippen molar-refractivity contribution in [3.8, 4) is 28.4 Å². The summed E-state index contributed by atoms with van der Waals surface area (Å²) in [5.41, 5.74) is 9.68. The molecule has 10 rings (SSSR count). The number of hydrogen-bond donors (Lipinski definition) is 3. The highest BCUT2D eigenvalue weighted by Gasteiger charge is 2.33. The topological polar surface area (TPSA) is 97.2 Å². The van der Waals surface area contributed by atoms with Crippen molar-refractivity contribution in [2.45, 2.75) is 57.0 Å². The van der Waals surface area contributed by atoms with E-state index in [2.05, 4.69) is 92.5 Å². The van der Waals surface area contributed by atoms with Crippen LogP contribution in [0.4, 0.5) is 11.4 Å². The van der Waals surface area contributed by atoms with Gasteiger partial charge in [0.05, 0.1) is 5.60 Å². The maximum absolute atomic E-state index is 12.9. The minimum Gasteiger partial charge on any atom is -0.508 e. The Balaban J connectivity index is 0.741. The van der Waals surface area contributed by atoms with E-state index in [4.69, 9.17) is 4.74 Å². The molecule has 1 aliphatic carbocycles. The van der Waals surface area contributed by atoms with E-state index in [1.165, 1.54) is 46.5 Å². The molecule has 9 heteroatoms. The van der Waals surface area contributed by atoms with E-state index in [1.807, 2.05) is 54.7 Å². The highest BCUT2D eigenvalue weighted by atomic mass is 16.5. The average Bonchev–Trinajstić information content (AvgIpc) is 3.82. The lowest BCUT2D eigenvalue weighted by Gasteiger charge is -2.40. The second kappa shape index (κ2) is 17.4. The number of phenolic OH excluding ortho intramolecular Hbond substituents is 1. The maximum atomic E-state index is 12.9. The number of aromatic hydroxyl groups is 1. The van der Waals surface area contributed by atoms with Gasteiger partial charge >= 0.3 is 0 Å². The molecule has 2 aromatic heterocycles. The second-order valence-corrected chi connectivity index (χ2v) is 18.8. The fourth-order valence-electron chi connectivity index (χ4n) is 10.6. The van der Waals surface area contributed by atoms with Gasteiger partial charge in [-0.15, -0.1) is 0 Å². The van der Waals surface area contributed by atoms with Crippen LogP contribution in [0.2, 0.25) is 0 Å². The van der Waals surface area contributed by atoms with Gasteiger partial charge in [0.25, 0.3) is 5.56 Å². The SMILES string of the molecule is Cn1cc(-c2cc(C(C)(C)O)ccc2Oc2ccc(N3CCN(CC4CCN(c5ccc([C@@H]6c7ccc(O)cc7CCC6c6ccccc6)cc5)CC4)CC3)cc2)c2cc[nH]c2c1=O. The number of aromatic amines is 1. The Hall–Kier alpha value is -6.29. The molecule has 0 saturated carbocycles. The molecule has 2 aliphatic heterocycles. The molecule has 64 heavy (non-hydrogen) atoms. The predicted octanol–water partition coefficient (Wildman–Crippen LogP) is 10.2. The van der Waals surface area contributed by atoms with E-state index in [9.17, 15) is 15.0 Å². The smallest absolute Gasteiger partial charge is 0.274 e.